The molecular weight excluding hydrogens is 168 g/mol. The Hall–Kier alpha value is -0.770. The Morgan fingerprint density at radius 3 is 2.69 bits per heavy atom. The van der Waals surface area contributed by atoms with Crippen molar-refractivity contribution >= 4 is 6.03 Å². The fraction of sp³-hybridized carbons (Fsp3) is 0.889. The van der Waals surface area contributed by atoms with Crippen LogP contribution in [0, 0.1) is 11.8 Å². The summed E-state index contributed by atoms with van der Waals surface area (Å²) in [5, 5.41) is 2.76. The van der Waals surface area contributed by atoms with Gasteiger partial charge >= 0.3 is 6.03 Å². The highest BCUT2D eigenvalue weighted by Gasteiger charge is 2.43. The van der Waals surface area contributed by atoms with E-state index in [2.05, 4.69) is 5.32 Å². The van der Waals surface area contributed by atoms with Gasteiger partial charge in [0.25, 0.3) is 0 Å². The first-order chi connectivity index (χ1) is 6.27. The molecule has 2 unspecified atom stereocenters. The third-order valence-corrected chi connectivity index (χ3v) is 3.04. The van der Waals surface area contributed by atoms with Gasteiger partial charge in [-0.15, -0.1) is 0 Å². The molecule has 2 rings (SSSR count). The molecule has 0 aromatic heterocycles. The highest BCUT2D eigenvalue weighted by molar-refractivity contribution is 5.72. The van der Waals surface area contributed by atoms with Gasteiger partial charge in [-0.25, -0.2) is 4.79 Å². The molecule has 3 N–H and O–H groups in total. The van der Waals surface area contributed by atoms with Gasteiger partial charge in [0, 0.05) is 19.3 Å². The smallest absolute Gasteiger partial charge is 0.312 e. The largest absolute Gasteiger partial charge is 0.381 e. The lowest BCUT2D eigenvalue weighted by molar-refractivity contribution is 0.0590. The van der Waals surface area contributed by atoms with E-state index in [1.54, 1.807) is 0 Å². The van der Waals surface area contributed by atoms with Crippen LogP contribution in [0.1, 0.15) is 19.3 Å². The molecule has 4 heteroatoms. The van der Waals surface area contributed by atoms with E-state index in [1.807, 2.05) is 0 Å². The highest BCUT2D eigenvalue weighted by Crippen LogP contribution is 2.41. The Kier molecular flexibility index (Phi) is 2.40. The number of ether oxygens (including phenoxy) is 1. The van der Waals surface area contributed by atoms with Crippen LogP contribution in [0.3, 0.4) is 0 Å². The number of primary amides is 1. The molecule has 2 fully saturated rings. The third kappa shape index (κ3) is 2.12. The van der Waals surface area contributed by atoms with Crippen LogP contribution in [0.25, 0.3) is 0 Å². The Morgan fingerprint density at radius 1 is 1.38 bits per heavy atom. The van der Waals surface area contributed by atoms with Gasteiger partial charge < -0.3 is 15.8 Å². The number of carbonyl (C=O) groups is 1. The SMILES string of the molecule is NC(=O)NC1CC1C1CCOCC1. The van der Waals surface area contributed by atoms with Crippen LogP contribution >= 0.6 is 0 Å². The average Bonchev–Trinajstić information content (AvgIpc) is 2.84. The van der Waals surface area contributed by atoms with E-state index in [-0.39, 0.29) is 6.03 Å². The van der Waals surface area contributed by atoms with E-state index in [4.69, 9.17) is 10.5 Å². The minimum atomic E-state index is -0.389. The number of rotatable bonds is 2. The molecule has 13 heavy (non-hydrogen) atoms. The summed E-state index contributed by atoms with van der Waals surface area (Å²) in [7, 11) is 0. The van der Waals surface area contributed by atoms with Crippen LogP contribution in [0.4, 0.5) is 4.79 Å². The molecule has 0 radical (unpaired) electrons. The number of hydrogen-bond donors (Lipinski definition) is 2. The van der Waals surface area contributed by atoms with Crippen LogP contribution in [-0.4, -0.2) is 25.3 Å². The fourth-order valence-electron chi connectivity index (χ4n) is 2.23. The molecule has 2 amide bonds. The van der Waals surface area contributed by atoms with Gasteiger partial charge in [-0.3, -0.25) is 0 Å². The predicted octanol–water partition coefficient (Wildman–Crippen LogP) is 0.470. The number of carbonyl (C=O) groups excluding carboxylic acids is 1. The van der Waals surface area contributed by atoms with Crippen LogP contribution in [-0.2, 0) is 4.74 Å². The monoisotopic (exact) mass is 184 g/mol. The molecule has 0 bridgehead atoms. The van der Waals surface area contributed by atoms with Crippen molar-refractivity contribution in [2.45, 2.75) is 25.3 Å². The molecule has 1 heterocycles. The van der Waals surface area contributed by atoms with Crippen LogP contribution < -0.4 is 11.1 Å². The van der Waals surface area contributed by atoms with E-state index < -0.39 is 0 Å². The zero-order valence-electron chi connectivity index (χ0n) is 7.66. The zero-order valence-corrected chi connectivity index (χ0v) is 7.66. The van der Waals surface area contributed by atoms with Gasteiger partial charge in [0.05, 0.1) is 0 Å². The van der Waals surface area contributed by atoms with Gasteiger partial charge in [-0.05, 0) is 31.1 Å². The number of urea groups is 1. The summed E-state index contributed by atoms with van der Waals surface area (Å²) in [6, 6.07) is -0.0415. The van der Waals surface area contributed by atoms with E-state index >= 15 is 0 Å². The van der Waals surface area contributed by atoms with Crippen LogP contribution in [0.2, 0.25) is 0 Å². The average molecular weight is 184 g/mol. The normalized spacial score (nSPS) is 34.2. The topological polar surface area (TPSA) is 64.4 Å². The maximum atomic E-state index is 10.6. The summed E-state index contributed by atoms with van der Waals surface area (Å²) >= 11 is 0. The second kappa shape index (κ2) is 3.54. The third-order valence-electron chi connectivity index (χ3n) is 3.04. The van der Waals surface area contributed by atoms with Gasteiger partial charge in [-0.1, -0.05) is 0 Å². The molecular formula is C9H16N2O2. The second-order valence-corrected chi connectivity index (χ2v) is 3.96. The highest BCUT2D eigenvalue weighted by atomic mass is 16.5. The number of hydrogen-bond acceptors (Lipinski definition) is 2. The van der Waals surface area contributed by atoms with E-state index in [1.165, 1.54) is 0 Å². The lowest BCUT2D eigenvalue weighted by atomic mass is 9.95. The van der Waals surface area contributed by atoms with Crippen molar-refractivity contribution in [2.24, 2.45) is 17.6 Å². The van der Waals surface area contributed by atoms with Crippen molar-refractivity contribution in [2.75, 3.05) is 13.2 Å². The Bertz CT molecular complexity index is 202. The molecule has 74 valence electrons. The summed E-state index contributed by atoms with van der Waals surface area (Å²) in [5.41, 5.74) is 5.05. The van der Waals surface area contributed by atoms with Crippen molar-refractivity contribution < 1.29 is 9.53 Å². The maximum Gasteiger partial charge on any atom is 0.312 e. The van der Waals surface area contributed by atoms with Gasteiger partial charge in [-0.2, -0.15) is 0 Å². The first kappa shape index (κ1) is 8.81. The summed E-state index contributed by atoms with van der Waals surface area (Å²) in [6.07, 6.45) is 3.39. The number of nitrogens with one attached hydrogen (secondary N) is 1. The van der Waals surface area contributed by atoms with Crippen LogP contribution in [0.15, 0.2) is 0 Å². The first-order valence-electron chi connectivity index (χ1n) is 4.91. The summed E-state index contributed by atoms with van der Waals surface area (Å²) in [4.78, 5) is 10.6. The van der Waals surface area contributed by atoms with Gasteiger partial charge in [0.1, 0.15) is 0 Å². The summed E-state index contributed by atoms with van der Waals surface area (Å²) < 4.78 is 5.28. The molecule has 2 aliphatic rings. The standard InChI is InChI=1S/C9H16N2O2/c10-9(12)11-8-5-7(8)6-1-3-13-4-2-6/h6-8H,1-5H2,(H3,10,11,12). The fourth-order valence-corrected chi connectivity index (χ4v) is 2.23. The minimum absolute atomic E-state index is 0.348. The molecule has 0 aromatic carbocycles. The summed E-state index contributed by atoms with van der Waals surface area (Å²) in [5.74, 6) is 1.40. The molecule has 4 nitrogen and oxygen atoms in total. The molecule has 0 aromatic rings. The molecule has 1 saturated heterocycles. The van der Waals surface area contributed by atoms with E-state index in [0.29, 0.717) is 12.0 Å². The van der Waals surface area contributed by atoms with E-state index in [0.717, 1.165) is 38.4 Å². The Morgan fingerprint density at radius 2 is 2.08 bits per heavy atom. The van der Waals surface area contributed by atoms with Crippen molar-refractivity contribution in [3.63, 3.8) is 0 Å². The van der Waals surface area contributed by atoms with Gasteiger partial charge in [0.15, 0.2) is 0 Å². The lowest BCUT2D eigenvalue weighted by Gasteiger charge is -2.21. The number of nitrogens with two attached hydrogens (primary N) is 1. The van der Waals surface area contributed by atoms with Crippen molar-refractivity contribution in [3.8, 4) is 0 Å². The molecule has 0 spiro atoms. The molecule has 1 aliphatic carbocycles. The van der Waals surface area contributed by atoms with Crippen LogP contribution in [0.5, 0.6) is 0 Å². The molecule has 2 atom stereocenters. The molecule has 1 saturated carbocycles. The molecule has 1 aliphatic heterocycles. The Balaban J connectivity index is 1.74. The van der Waals surface area contributed by atoms with Crippen molar-refractivity contribution in [1.82, 2.24) is 5.32 Å². The predicted molar refractivity (Wildman–Crippen MR) is 48.2 cm³/mol. The minimum Gasteiger partial charge on any atom is -0.381 e. The van der Waals surface area contributed by atoms with E-state index in [9.17, 15) is 4.79 Å². The quantitative estimate of drug-likeness (QED) is 0.655. The lowest BCUT2D eigenvalue weighted by Crippen LogP contribution is -2.33. The van der Waals surface area contributed by atoms with Crippen molar-refractivity contribution in [1.29, 1.82) is 0 Å². The maximum absolute atomic E-state index is 10.6. The van der Waals surface area contributed by atoms with Gasteiger partial charge in [0.2, 0.25) is 0 Å². The summed E-state index contributed by atoms with van der Waals surface area (Å²) in [6.45, 7) is 1.76. The number of amides is 2. The van der Waals surface area contributed by atoms with Crippen molar-refractivity contribution in [3.05, 3.63) is 0 Å². The Labute approximate surface area is 77.8 Å². The zero-order chi connectivity index (χ0) is 9.26. The second-order valence-electron chi connectivity index (χ2n) is 3.96. The first-order valence-corrected chi connectivity index (χ1v) is 4.91.